The summed E-state index contributed by atoms with van der Waals surface area (Å²) in [6, 6.07) is 7.54. The molecule has 1 aromatic carbocycles. The highest BCUT2D eigenvalue weighted by Crippen LogP contribution is 2.40. The zero-order valence-corrected chi connectivity index (χ0v) is 13.9. The number of fused-ring (bicyclic) bond motifs is 1. The lowest BCUT2D eigenvalue weighted by Gasteiger charge is -2.09. The Morgan fingerprint density at radius 1 is 1.33 bits per heavy atom. The van der Waals surface area contributed by atoms with Gasteiger partial charge >= 0.3 is 0 Å². The second-order valence-electron chi connectivity index (χ2n) is 5.79. The van der Waals surface area contributed by atoms with Crippen LogP contribution < -0.4 is 5.56 Å². The van der Waals surface area contributed by atoms with Crippen LogP contribution in [0.25, 0.3) is 10.9 Å². The molecule has 0 bridgehead atoms. The molecule has 2 N–H and O–H groups in total. The number of nitrogens with zero attached hydrogens (tertiary/aromatic N) is 4. The van der Waals surface area contributed by atoms with Crippen LogP contribution in [0, 0.1) is 5.92 Å². The fourth-order valence-electron chi connectivity index (χ4n) is 2.47. The minimum atomic E-state index is -0.542. The summed E-state index contributed by atoms with van der Waals surface area (Å²) < 4.78 is 1.80. The van der Waals surface area contributed by atoms with Crippen LogP contribution in [-0.2, 0) is 6.54 Å². The summed E-state index contributed by atoms with van der Waals surface area (Å²) in [5, 5.41) is 25.2. The molecule has 3 rings (SSSR count). The van der Waals surface area contributed by atoms with E-state index in [4.69, 9.17) is 11.6 Å². The van der Waals surface area contributed by atoms with Gasteiger partial charge in [-0.3, -0.25) is 4.79 Å². The molecule has 0 aliphatic rings. The van der Waals surface area contributed by atoms with Gasteiger partial charge in [0.05, 0.1) is 11.7 Å². The van der Waals surface area contributed by atoms with Gasteiger partial charge in [0.25, 0.3) is 5.56 Å². The first-order valence-corrected chi connectivity index (χ1v) is 7.82. The maximum Gasteiger partial charge on any atom is 0.285 e. The molecule has 0 amide bonds. The van der Waals surface area contributed by atoms with Crippen molar-refractivity contribution in [3.63, 3.8) is 0 Å². The number of hydrogen-bond donors (Lipinski definition) is 2. The minimum Gasteiger partial charge on any atom is -0.493 e. The van der Waals surface area contributed by atoms with Gasteiger partial charge in [-0.15, -0.1) is 10.2 Å². The highest BCUT2D eigenvalue weighted by atomic mass is 35.5. The van der Waals surface area contributed by atoms with Gasteiger partial charge in [-0.25, -0.2) is 5.10 Å². The highest BCUT2D eigenvalue weighted by molar-refractivity contribution is 6.32. The molecule has 0 radical (unpaired) electrons. The van der Waals surface area contributed by atoms with E-state index in [1.54, 1.807) is 4.57 Å². The van der Waals surface area contributed by atoms with Crippen LogP contribution in [0.4, 0.5) is 11.4 Å². The van der Waals surface area contributed by atoms with Crippen molar-refractivity contribution in [3.05, 3.63) is 45.8 Å². The van der Waals surface area contributed by atoms with Crippen LogP contribution in [0.5, 0.6) is 5.88 Å². The Bertz CT molecular complexity index is 974. The van der Waals surface area contributed by atoms with Crippen molar-refractivity contribution in [1.82, 2.24) is 14.8 Å². The molecular weight excluding hydrogens is 330 g/mol. The summed E-state index contributed by atoms with van der Waals surface area (Å²) in [6.07, 6.45) is 1.30. The molecule has 2 heterocycles. The van der Waals surface area contributed by atoms with Gasteiger partial charge < -0.3 is 9.67 Å². The fraction of sp³-hybridized carbons (Fsp3) is 0.250. The van der Waals surface area contributed by atoms with E-state index in [1.165, 1.54) is 6.20 Å². The van der Waals surface area contributed by atoms with Crippen LogP contribution in [0.3, 0.4) is 0 Å². The van der Waals surface area contributed by atoms with Gasteiger partial charge in [0.1, 0.15) is 10.7 Å². The number of para-hydroxylation sites is 1. The van der Waals surface area contributed by atoms with Crippen molar-refractivity contribution in [2.45, 2.75) is 20.4 Å². The van der Waals surface area contributed by atoms with E-state index in [0.29, 0.717) is 18.2 Å². The minimum absolute atomic E-state index is 0.0302. The lowest BCUT2D eigenvalue weighted by Crippen LogP contribution is -2.06. The molecular formula is C16H16ClN5O2. The number of azo groups is 1. The van der Waals surface area contributed by atoms with Crippen LogP contribution in [0.2, 0.25) is 5.02 Å². The largest absolute Gasteiger partial charge is 0.493 e. The molecule has 0 saturated carbocycles. The first kappa shape index (κ1) is 16.2. The van der Waals surface area contributed by atoms with Crippen LogP contribution in [0.1, 0.15) is 13.8 Å². The van der Waals surface area contributed by atoms with E-state index in [0.717, 1.165) is 10.9 Å². The molecule has 0 aliphatic heterocycles. The molecule has 2 aromatic heterocycles. The topological polar surface area (TPSA) is 95.6 Å². The van der Waals surface area contributed by atoms with Gasteiger partial charge in [-0.2, -0.15) is 5.10 Å². The standard InChI is InChI=1S/C16H16ClN5O2/c1-9(2)8-22-12-6-4-3-5-10(12)14(16(22)24)20-19-11-7-18-21-15(23)13(11)17/h3-7,9,24H,8H2,1-2H3,(H,21,23). The Kier molecular flexibility index (Phi) is 4.35. The summed E-state index contributed by atoms with van der Waals surface area (Å²) in [4.78, 5) is 11.5. The predicted octanol–water partition coefficient (Wildman–Crippen LogP) is 4.16. The average Bonchev–Trinajstić information content (AvgIpc) is 2.81. The Morgan fingerprint density at radius 2 is 2.08 bits per heavy atom. The summed E-state index contributed by atoms with van der Waals surface area (Å²) in [5.41, 5.74) is 0.801. The second kappa shape index (κ2) is 6.45. The number of halogens is 1. The number of aromatic hydroxyl groups is 1. The Hall–Kier alpha value is -2.67. The number of hydrogen-bond acceptors (Lipinski definition) is 5. The SMILES string of the molecule is CC(C)Cn1c(O)c(N=Nc2cn[nH]c(=O)c2Cl)c2ccccc21. The third kappa shape index (κ3) is 2.90. The molecule has 0 fully saturated rings. The van der Waals surface area contributed by atoms with Crippen molar-refractivity contribution in [3.8, 4) is 5.88 Å². The van der Waals surface area contributed by atoms with Crippen molar-refractivity contribution in [2.24, 2.45) is 16.1 Å². The van der Waals surface area contributed by atoms with E-state index in [9.17, 15) is 9.90 Å². The van der Waals surface area contributed by atoms with Gasteiger partial charge in [0, 0.05) is 11.9 Å². The smallest absolute Gasteiger partial charge is 0.285 e. The zero-order valence-electron chi connectivity index (χ0n) is 13.2. The quantitative estimate of drug-likeness (QED) is 0.695. The van der Waals surface area contributed by atoms with Crippen LogP contribution >= 0.6 is 11.6 Å². The number of H-pyrrole nitrogens is 1. The third-order valence-corrected chi connectivity index (χ3v) is 3.87. The van der Waals surface area contributed by atoms with E-state index >= 15 is 0 Å². The van der Waals surface area contributed by atoms with Gasteiger partial charge in [-0.1, -0.05) is 43.6 Å². The normalized spacial score (nSPS) is 11.8. The van der Waals surface area contributed by atoms with Gasteiger partial charge in [0.15, 0.2) is 5.69 Å². The zero-order chi connectivity index (χ0) is 17.3. The lowest BCUT2D eigenvalue weighted by molar-refractivity contribution is 0.401. The summed E-state index contributed by atoms with van der Waals surface area (Å²) in [6.45, 7) is 4.78. The lowest BCUT2D eigenvalue weighted by atomic mass is 10.2. The Balaban J connectivity index is 2.13. The summed E-state index contributed by atoms with van der Waals surface area (Å²) in [5.74, 6) is 0.380. The summed E-state index contributed by atoms with van der Waals surface area (Å²) >= 11 is 5.89. The number of aromatic amines is 1. The molecule has 0 saturated heterocycles. The molecule has 0 aliphatic carbocycles. The number of aromatic nitrogens is 3. The number of benzene rings is 1. The van der Waals surface area contributed by atoms with E-state index in [1.807, 2.05) is 24.3 Å². The van der Waals surface area contributed by atoms with Crippen LogP contribution in [-0.4, -0.2) is 19.9 Å². The Morgan fingerprint density at radius 3 is 2.83 bits per heavy atom. The molecule has 0 atom stereocenters. The third-order valence-electron chi connectivity index (χ3n) is 3.50. The first-order chi connectivity index (χ1) is 11.5. The monoisotopic (exact) mass is 345 g/mol. The molecule has 0 spiro atoms. The average molecular weight is 346 g/mol. The van der Waals surface area contributed by atoms with Gasteiger partial charge in [0.2, 0.25) is 5.88 Å². The Labute approximate surface area is 142 Å². The summed E-state index contributed by atoms with van der Waals surface area (Å²) in [7, 11) is 0. The molecule has 24 heavy (non-hydrogen) atoms. The molecule has 0 unspecified atom stereocenters. The molecule has 8 heteroatoms. The van der Waals surface area contributed by atoms with Crippen LogP contribution in [0.15, 0.2) is 45.5 Å². The van der Waals surface area contributed by atoms with Gasteiger partial charge in [-0.05, 0) is 12.0 Å². The first-order valence-electron chi connectivity index (χ1n) is 7.44. The van der Waals surface area contributed by atoms with E-state index < -0.39 is 5.56 Å². The van der Waals surface area contributed by atoms with Crippen molar-refractivity contribution >= 4 is 33.9 Å². The predicted molar refractivity (Wildman–Crippen MR) is 92.5 cm³/mol. The number of nitrogens with one attached hydrogen (secondary N) is 1. The maximum atomic E-state index is 11.5. The second-order valence-corrected chi connectivity index (χ2v) is 6.17. The maximum absolute atomic E-state index is 11.5. The van der Waals surface area contributed by atoms with E-state index in [-0.39, 0.29) is 16.6 Å². The fourth-order valence-corrected chi connectivity index (χ4v) is 2.60. The molecule has 3 aromatic rings. The molecule has 124 valence electrons. The van der Waals surface area contributed by atoms with E-state index in [2.05, 4.69) is 34.3 Å². The van der Waals surface area contributed by atoms with Crippen molar-refractivity contribution < 1.29 is 5.11 Å². The molecule has 7 nitrogen and oxygen atoms in total. The van der Waals surface area contributed by atoms with Crippen molar-refractivity contribution in [1.29, 1.82) is 0 Å². The number of rotatable bonds is 4. The highest BCUT2D eigenvalue weighted by Gasteiger charge is 2.17. The van der Waals surface area contributed by atoms with Crippen molar-refractivity contribution in [2.75, 3.05) is 0 Å².